The zero-order valence-electron chi connectivity index (χ0n) is 16.7. The second kappa shape index (κ2) is 12.7. The Morgan fingerprint density at radius 3 is 2.14 bits per heavy atom. The van der Waals surface area contributed by atoms with E-state index in [0.29, 0.717) is 12.8 Å². The molecule has 7 nitrogen and oxygen atoms in total. The number of amides is 1. The van der Waals surface area contributed by atoms with Gasteiger partial charge in [0.25, 0.3) is 0 Å². The Morgan fingerprint density at radius 1 is 1.25 bits per heavy atom. The van der Waals surface area contributed by atoms with Gasteiger partial charge >= 0.3 is 18.1 Å². The van der Waals surface area contributed by atoms with Gasteiger partial charge in [0.05, 0.1) is 18.2 Å². The molecule has 0 radical (unpaired) electrons. The summed E-state index contributed by atoms with van der Waals surface area (Å²) >= 11 is 0. The van der Waals surface area contributed by atoms with E-state index in [-0.39, 0.29) is 18.1 Å². The lowest BCUT2D eigenvalue weighted by atomic mass is 9.88. The molecule has 1 aliphatic rings. The van der Waals surface area contributed by atoms with Gasteiger partial charge in [-0.1, -0.05) is 13.8 Å². The molecule has 0 aromatic heterocycles. The Hall–Kier alpha value is -1.65. The maximum atomic E-state index is 12.5. The molecule has 1 rings (SSSR count). The highest BCUT2D eigenvalue weighted by Crippen LogP contribution is 2.24. The second-order valence-corrected chi connectivity index (χ2v) is 6.18. The zero-order chi connectivity index (χ0) is 21.9. The minimum absolute atomic E-state index is 0.0361. The first-order valence-corrected chi connectivity index (χ1v) is 9.31. The monoisotopic (exact) mass is 412 g/mol. The number of carbonyl (C=O) groups is 2. The summed E-state index contributed by atoms with van der Waals surface area (Å²) in [6, 6.07) is -2.13. The maximum absolute atomic E-state index is 12.5. The summed E-state index contributed by atoms with van der Waals surface area (Å²) in [7, 11) is 0. The van der Waals surface area contributed by atoms with Gasteiger partial charge < -0.3 is 25.6 Å². The van der Waals surface area contributed by atoms with Crippen molar-refractivity contribution in [2.24, 2.45) is 5.73 Å². The van der Waals surface area contributed by atoms with Gasteiger partial charge in [0, 0.05) is 24.8 Å². The summed E-state index contributed by atoms with van der Waals surface area (Å²) in [5, 5.41) is 10.9. The summed E-state index contributed by atoms with van der Waals surface area (Å²) in [4.78, 5) is 22.3. The topological polar surface area (TPSA) is 111 Å². The molecule has 0 aromatic carbocycles. The Labute approximate surface area is 163 Å². The van der Waals surface area contributed by atoms with Crippen LogP contribution in [0.15, 0.2) is 11.6 Å². The Bertz CT molecular complexity index is 520. The summed E-state index contributed by atoms with van der Waals surface area (Å²) < 4.78 is 47.9. The molecule has 0 aliphatic heterocycles. The van der Waals surface area contributed by atoms with Gasteiger partial charge in [-0.05, 0) is 39.2 Å². The third-order valence-electron chi connectivity index (χ3n) is 4.13. The van der Waals surface area contributed by atoms with E-state index in [1.165, 1.54) is 6.08 Å². The van der Waals surface area contributed by atoms with E-state index >= 15 is 0 Å². The molecule has 0 unspecified atom stereocenters. The highest BCUT2D eigenvalue weighted by atomic mass is 19.4. The van der Waals surface area contributed by atoms with Crippen LogP contribution >= 0.6 is 0 Å². The van der Waals surface area contributed by atoms with Crippen LogP contribution in [0.3, 0.4) is 0 Å². The van der Waals surface area contributed by atoms with Crippen LogP contribution in [-0.2, 0) is 19.1 Å². The summed E-state index contributed by atoms with van der Waals surface area (Å²) in [6.07, 6.45) is -4.08. The van der Waals surface area contributed by atoms with Crippen LogP contribution in [0, 0.1) is 0 Å². The number of hydrogen-bond donors (Lipinski definition) is 3. The van der Waals surface area contributed by atoms with E-state index in [1.54, 1.807) is 0 Å². The summed E-state index contributed by atoms with van der Waals surface area (Å²) in [5.74, 6) is -3.33. The number of carboxylic acid groups (broad SMARTS) is 1. The lowest BCUT2D eigenvalue weighted by molar-refractivity contribution is -0.175. The van der Waals surface area contributed by atoms with Crippen molar-refractivity contribution >= 4 is 11.9 Å². The SMILES string of the molecule is CCC(CC)O[C@@H]1C=C(C(=O)O)C[C@H](N)[C@H]1NC(=O)C(F)(F)F.CCOCC. The van der Waals surface area contributed by atoms with E-state index < -0.39 is 36.2 Å². The number of halogens is 3. The van der Waals surface area contributed by atoms with Crippen molar-refractivity contribution in [3.63, 3.8) is 0 Å². The lowest BCUT2D eigenvalue weighted by Crippen LogP contribution is -2.59. The van der Waals surface area contributed by atoms with Crippen molar-refractivity contribution in [3.8, 4) is 0 Å². The molecule has 0 heterocycles. The van der Waals surface area contributed by atoms with Crippen LogP contribution in [0.25, 0.3) is 0 Å². The number of nitrogens with two attached hydrogens (primary N) is 1. The molecule has 10 heteroatoms. The zero-order valence-corrected chi connectivity index (χ0v) is 16.7. The van der Waals surface area contributed by atoms with Gasteiger partial charge in [0.2, 0.25) is 0 Å². The van der Waals surface area contributed by atoms with Crippen molar-refractivity contribution in [1.82, 2.24) is 5.32 Å². The van der Waals surface area contributed by atoms with Crippen LogP contribution in [0.1, 0.15) is 47.0 Å². The van der Waals surface area contributed by atoms with Crippen LogP contribution in [-0.4, -0.2) is 60.7 Å². The Kier molecular flexibility index (Phi) is 12.0. The number of nitrogens with one attached hydrogen (secondary N) is 1. The third kappa shape index (κ3) is 9.03. The third-order valence-corrected chi connectivity index (χ3v) is 4.13. The molecule has 0 aromatic rings. The van der Waals surface area contributed by atoms with E-state index in [2.05, 4.69) is 0 Å². The molecule has 1 amide bonds. The molecule has 3 atom stereocenters. The van der Waals surface area contributed by atoms with Crippen molar-refractivity contribution in [2.45, 2.75) is 77.4 Å². The first-order chi connectivity index (χ1) is 13.0. The van der Waals surface area contributed by atoms with E-state index in [1.807, 2.05) is 33.0 Å². The molecule has 28 heavy (non-hydrogen) atoms. The van der Waals surface area contributed by atoms with Crippen LogP contribution in [0.5, 0.6) is 0 Å². The molecular formula is C18H31F3N2O5. The molecule has 4 N–H and O–H groups in total. The van der Waals surface area contributed by atoms with Gasteiger partial charge in [0.15, 0.2) is 0 Å². The highest BCUT2D eigenvalue weighted by Gasteiger charge is 2.43. The van der Waals surface area contributed by atoms with Crippen LogP contribution in [0.4, 0.5) is 13.2 Å². The molecule has 0 saturated heterocycles. The van der Waals surface area contributed by atoms with Gasteiger partial charge in [-0.3, -0.25) is 4.79 Å². The lowest BCUT2D eigenvalue weighted by Gasteiger charge is -2.36. The van der Waals surface area contributed by atoms with E-state index in [9.17, 15) is 22.8 Å². The predicted octanol–water partition coefficient (Wildman–Crippen LogP) is 2.39. The highest BCUT2D eigenvalue weighted by molar-refractivity contribution is 5.87. The van der Waals surface area contributed by atoms with Crippen molar-refractivity contribution in [2.75, 3.05) is 13.2 Å². The first kappa shape index (κ1) is 26.4. The number of hydrogen-bond acceptors (Lipinski definition) is 5. The minimum atomic E-state index is -5.05. The second-order valence-electron chi connectivity index (χ2n) is 6.18. The van der Waals surface area contributed by atoms with Crippen molar-refractivity contribution in [3.05, 3.63) is 11.6 Å². The van der Waals surface area contributed by atoms with Crippen LogP contribution < -0.4 is 11.1 Å². The molecule has 0 spiro atoms. The fourth-order valence-corrected chi connectivity index (χ4v) is 2.61. The molecule has 0 fully saturated rings. The largest absolute Gasteiger partial charge is 0.478 e. The number of aliphatic carboxylic acids is 1. The first-order valence-electron chi connectivity index (χ1n) is 9.31. The number of alkyl halides is 3. The van der Waals surface area contributed by atoms with Gasteiger partial charge in [-0.15, -0.1) is 0 Å². The van der Waals surface area contributed by atoms with Crippen LogP contribution in [0.2, 0.25) is 0 Å². The van der Waals surface area contributed by atoms with Gasteiger partial charge in [0.1, 0.15) is 0 Å². The Balaban J connectivity index is 0.00000129. The number of ether oxygens (including phenoxy) is 2. The molecule has 1 aliphatic carbocycles. The van der Waals surface area contributed by atoms with E-state index in [4.69, 9.17) is 20.3 Å². The van der Waals surface area contributed by atoms with Gasteiger partial charge in [-0.2, -0.15) is 13.2 Å². The van der Waals surface area contributed by atoms with Crippen molar-refractivity contribution < 1.29 is 37.3 Å². The average molecular weight is 412 g/mol. The normalized spacial score (nSPS) is 22.2. The summed E-state index contributed by atoms with van der Waals surface area (Å²) in [6.45, 7) is 9.34. The molecule has 0 saturated carbocycles. The predicted molar refractivity (Wildman–Crippen MR) is 97.7 cm³/mol. The van der Waals surface area contributed by atoms with Crippen molar-refractivity contribution in [1.29, 1.82) is 0 Å². The number of rotatable bonds is 8. The fourth-order valence-electron chi connectivity index (χ4n) is 2.61. The smallest absolute Gasteiger partial charge is 0.471 e. The molecular weight excluding hydrogens is 381 g/mol. The molecule has 0 bridgehead atoms. The quantitative estimate of drug-likeness (QED) is 0.565. The fraction of sp³-hybridized carbons (Fsp3) is 0.778. The average Bonchev–Trinajstić information content (AvgIpc) is 2.61. The maximum Gasteiger partial charge on any atom is 0.471 e. The Morgan fingerprint density at radius 2 is 1.79 bits per heavy atom. The van der Waals surface area contributed by atoms with E-state index in [0.717, 1.165) is 13.2 Å². The summed E-state index contributed by atoms with van der Waals surface area (Å²) in [5.41, 5.74) is 5.75. The van der Waals surface area contributed by atoms with Gasteiger partial charge in [-0.25, -0.2) is 4.79 Å². The molecule has 164 valence electrons. The minimum Gasteiger partial charge on any atom is -0.478 e. The standard InChI is InChI=1S/C14H21F3N2O4.C4H10O/c1-3-8(4-2)23-10-6-7(12(20)21)5-9(18)11(10)19-13(22)14(15,16)17;1-3-5-4-2/h6,8-11H,3-5,18H2,1-2H3,(H,19,22)(H,20,21);3-4H2,1-2H3/t9-,10+,11+;/m0./s1. The number of carboxylic acids is 1. The number of carbonyl (C=O) groups excluding carboxylic acids is 1.